The molecular formula is C20H18N4O. The van der Waals surface area contributed by atoms with Crippen molar-refractivity contribution in [3.8, 4) is 22.9 Å². The molecule has 2 heterocycles. The Morgan fingerprint density at radius 1 is 1.20 bits per heavy atom. The van der Waals surface area contributed by atoms with Crippen LogP contribution in [0.4, 0.5) is 5.69 Å². The van der Waals surface area contributed by atoms with Gasteiger partial charge in [-0.2, -0.15) is 5.26 Å². The second kappa shape index (κ2) is 5.76. The van der Waals surface area contributed by atoms with Crippen molar-refractivity contribution in [1.82, 2.24) is 9.88 Å². The van der Waals surface area contributed by atoms with Crippen molar-refractivity contribution in [3.63, 3.8) is 0 Å². The van der Waals surface area contributed by atoms with E-state index in [1.807, 2.05) is 18.2 Å². The number of hydrogen-bond donors (Lipinski definition) is 2. The number of hydrogen-bond acceptors (Lipinski definition) is 5. The van der Waals surface area contributed by atoms with Gasteiger partial charge in [0.2, 0.25) is 0 Å². The number of nitrogen functional groups attached to an aromatic ring is 1. The highest BCUT2D eigenvalue weighted by Crippen LogP contribution is 2.41. The van der Waals surface area contributed by atoms with E-state index >= 15 is 0 Å². The van der Waals surface area contributed by atoms with Gasteiger partial charge in [0.05, 0.1) is 33.9 Å². The zero-order valence-electron chi connectivity index (χ0n) is 14.0. The van der Waals surface area contributed by atoms with Crippen LogP contribution < -0.4 is 5.73 Å². The minimum Gasteiger partial charge on any atom is -0.507 e. The largest absolute Gasteiger partial charge is 0.507 e. The number of anilines is 1. The highest BCUT2D eigenvalue weighted by molar-refractivity contribution is 6.05. The molecule has 5 nitrogen and oxygen atoms in total. The summed E-state index contributed by atoms with van der Waals surface area (Å²) in [5.41, 5.74) is 11.8. The van der Waals surface area contributed by atoms with Gasteiger partial charge in [-0.3, -0.25) is 9.88 Å². The molecule has 0 atom stereocenters. The number of fused-ring (bicyclic) bond motifs is 2. The minimum absolute atomic E-state index is 0.121. The van der Waals surface area contributed by atoms with Gasteiger partial charge in [0, 0.05) is 29.8 Å². The zero-order valence-corrected chi connectivity index (χ0v) is 14.0. The number of nitrogens with zero attached hydrogens (tertiary/aromatic N) is 3. The molecule has 0 amide bonds. The summed E-state index contributed by atoms with van der Waals surface area (Å²) in [7, 11) is 0. The van der Waals surface area contributed by atoms with Crippen molar-refractivity contribution in [3.05, 3.63) is 53.2 Å². The summed E-state index contributed by atoms with van der Waals surface area (Å²) in [4.78, 5) is 7.09. The van der Waals surface area contributed by atoms with Crippen LogP contribution in [-0.4, -0.2) is 21.5 Å². The predicted molar refractivity (Wildman–Crippen MR) is 97.8 cm³/mol. The molecule has 0 spiro atoms. The highest BCUT2D eigenvalue weighted by atomic mass is 16.3. The number of benzene rings is 2. The Hall–Kier alpha value is -3.10. The number of aromatic nitrogens is 1. The van der Waals surface area contributed by atoms with Gasteiger partial charge in [-0.15, -0.1) is 0 Å². The Balaban J connectivity index is 2.05. The second-order valence-corrected chi connectivity index (χ2v) is 6.27. The molecule has 1 aliphatic heterocycles. The number of nitrogens with two attached hydrogens (primary N) is 1. The van der Waals surface area contributed by atoms with Crippen molar-refractivity contribution >= 4 is 16.6 Å². The molecule has 0 radical (unpaired) electrons. The van der Waals surface area contributed by atoms with Crippen molar-refractivity contribution in [2.24, 2.45) is 0 Å². The second-order valence-electron chi connectivity index (χ2n) is 6.27. The average Bonchev–Trinajstić information content (AvgIpc) is 3.06. The van der Waals surface area contributed by atoms with E-state index in [2.05, 4.69) is 17.9 Å². The third-order valence-electron chi connectivity index (χ3n) is 4.89. The Morgan fingerprint density at radius 3 is 2.76 bits per heavy atom. The summed E-state index contributed by atoms with van der Waals surface area (Å²) in [6.07, 6.45) is 0. The number of aromatic hydroxyl groups is 1. The van der Waals surface area contributed by atoms with Crippen molar-refractivity contribution in [2.45, 2.75) is 20.0 Å². The molecule has 1 aliphatic rings. The van der Waals surface area contributed by atoms with E-state index in [0.29, 0.717) is 22.2 Å². The summed E-state index contributed by atoms with van der Waals surface area (Å²) < 4.78 is 0. The highest BCUT2D eigenvalue weighted by Gasteiger charge is 2.25. The van der Waals surface area contributed by atoms with Crippen molar-refractivity contribution in [2.75, 3.05) is 12.3 Å². The van der Waals surface area contributed by atoms with Crippen LogP contribution in [0.3, 0.4) is 0 Å². The molecule has 0 bridgehead atoms. The van der Waals surface area contributed by atoms with E-state index in [-0.39, 0.29) is 5.75 Å². The third kappa shape index (κ3) is 2.31. The van der Waals surface area contributed by atoms with Crippen LogP contribution in [0.15, 0.2) is 36.4 Å². The fourth-order valence-electron chi connectivity index (χ4n) is 3.53. The summed E-state index contributed by atoms with van der Waals surface area (Å²) in [6, 6.07) is 13.1. The van der Waals surface area contributed by atoms with Crippen molar-refractivity contribution in [1.29, 1.82) is 5.26 Å². The lowest BCUT2D eigenvalue weighted by molar-refractivity contribution is 0.299. The third-order valence-corrected chi connectivity index (χ3v) is 4.89. The quantitative estimate of drug-likeness (QED) is 0.752. The average molecular weight is 330 g/mol. The van der Waals surface area contributed by atoms with Gasteiger partial charge < -0.3 is 10.8 Å². The maximum absolute atomic E-state index is 10.4. The van der Waals surface area contributed by atoms with E-state index in [9.17, 15) is 10.4 Å². The lowest BCUT2D eigenvalue weighted by atomic mass is 9.95. The van der Waals surface area contributed by atoms with E-state index < -0.39 is 0 Å². The lowest BCUT2D eigenvalue weighted by Gasteiger charge is -2.13. The van der Waals surface area contributed by atoms with Gasteiger partial charge >= 0.3 is 0 Å². The molecule has 1 aromatic heterocycles. The molecule has 0 fully saturated rings. The van der Waals surface area contributed by atoms with Crippen LogP contribution in [0.25, 0.3) is 22.0 Å². The van der Waals surface area contributed by atoms with E-state index in [0.717, 1.165) is 42.0 Å². The van der Waals surface area contributed by atoms with Gasteiger partial charge in [0.1, 0.15) is 5.75 Å². The number of nitriles is 1. The standard InChI is InChI=1S/C20H18N4O/c1-2-24-10-15-16(11-24)23-20-14(7-8-17(25)18(20)19(15)22)13-6-4-3-5-12(13)9-21/h3-8,25H,2,10-11H2,1H3,(H2,22,23). The number of pyridine rings is 1. The summed E-state index contributed by atoms with van der Waals surface area (Å²) >= 11 is 0. The zero-order chi connectivity index (χ0) is 17.6. The molecule has 2 aromatic carbocycles. The lowest BCUT2D eigenvalue weighted by Crippen LogP contribution is -2.15. The Kier molecular flexibility index (Phi) is 3.56. The van der Waals surface area contributed by atoms with Gasteiger partial charge in [0.25, 0.3) is 0 Å². The Bertz CT molecular complexity index is 1040. The monoisotopic (exact) mass is 330 g/mol. The molecule has 25 heavy (non-hydrogen) atoms. The van der Waals surface area contributed by atoms with Gasteiger partial charge in [-0.1, -0.05) is 25.1 Å². The topological polar surface area (TPSA) is 86.2 Å². The SMILES string of the molecule is CCN1Cc2nc3c(-c4ccccc4C#N)ccc(O)c3c(N)c2C1. The van der Waals surface area contributed by atoms with Gasteiger partial charge in [-0.25, -0.2) is 0 Å². The van der Waals surface area contributed by atoms with E-state index in [1.165, 1.54) is 0 Å². The van der Waals surface area contributed by atoms with E-state index in [1.54, 1.807) is 18.2 Å². The van der Waals surface area contributed by atoms with Crippen LogP contribution in [0.1, 0.15) is 23.7 Å². The molecule has 0 saturated heterocycles. The van der Waals surface area contributed by atoms with Gasteiger partial charge in [0.15, 0.2) is 0 Å². The van der Waals surface area contributed by atoms with Gasteiger partial charge in [-0.05, 0) is 24.7 Å². The van der Waals surface area contributed by atoms with Crippen LogP contribution in [0.2, 0.25) is 0 Å². The maximum atomic E-state index is 10.4. The first-order chi connectivity index (χ1) is 12.1. The Morgan fingerprint density at radius 2 is 2.00 bits per heavy atom. The number of rotatable bonds is 2. The van der Waals surface area contributed by atoms with Crippen LogP contribution in [0, 0.1) is 11.3 Å². The van der Waals surface area contributed by atoms with Crippen LogP contribution >= 0.6 is 0 Å². The first kappa shape index (κ1) is 15.4. The number of phenols is 1. The normalized spacial score (nSPS) is 13.8. The first-order valence-electron chi connectivity index (χ1n) is 8.28. The first-order valence-corrected chi connectivity index (χ1v) is 8.28. The minimum atomic E-state index is 0.121. The summed E-state index contributed by atoms with van der Waals surface area (Å²) in [5.74, 6) is 0.121. The van der Waals surface area contributed by atoms with Crippen LogP contribution in [-0.2, 0) is 13.1 Å². The molecule has 0 saturated carbocycles. The predicted octanol–water partition coefficient (Wildman–Crippen LogP) is 3.40. The molecular weight excluding hydrogens is 312 g/mol. The molecule has 3 N–H and O–H groups in total. The number of phenolic OH excluding ortho intramolecular Hbond substituents is 1. The summed E-state index contributed by atoms with van der Waals surface area (Å²) in [5, 5.41) is 20.4. The summed E-state index contributed by atoms with van der Waals surface area (Å²) in [6.45, 7) is 4.52. The molecule has 0 unspecified atom stereocenters. The fourth-order valence-corrected chi connectivity index (χ4v) is 3.53. The Labute approximate surface area is 145 Å². The van der Waals surface area contributed by atoms with Crippen LogP contribution in [0.5, 0.6) is 5.75 Å². The molecule has 0 aliphatic carbocycles. The molecule has 3 aromatic rings. The van der Waals surface area contributed by atoms with Crippen molar-refractivity contribution < 1.29 is 5.11 Å². The molecule has 5 heteroatoms. The van der Waals surface area contributed by atoms with E-state index in [4.69, 9.17) is 10.7 Å². The molecule has 124 valence electrons. The molecule has 4 rings (SSSR count). The maximum Gasteiger partial charge on any atom is 0.127 e. The fraction of sp³-hybridized carbons (Fsp3) is 0.200. The smallest absolute Gasteiger partial charge is 0.127 e.